The maximum absolute atomic E-state index is 9.55. The Morgan fingerprint density at radius 3 is 2.54 bits per heavy atom. The maximum atomic E-state index is 9.55. The summed E-state index contributed by atoms with van der Waals surface area (Å²) in [7, 11) is 0. The molecular formula is C11H19NO. The van der Waals surface area contributed by atoms with Crippen LogP contribution in [0, 0.1) is 11.8 Å². The molecule has 3 aliphatic carbocycles. The van der Waals surface area contributed by atoms with Crippen molar-refractivity contribution in [2.75, 3.05) is 6.61 Å². The van der Waals surface area contributed by atoms with Crippen molar-refractivity contribution in [2.24, 2.45) is 11.8 Å². The van der Waals surface area contributed by atoms with Gasteiger partial charge in [-0.2, -0.15) is 0 Å². The highest BCUT2D eigenvalue weighted by molar-refractivity contribution is 5.08. The minimum atomic E-state index is 0.143. The molecule has 3 aliphatic rings. The van der Waals surface area contributed by atoms with E-state index in [2.05, 4.69) is 5.32 Å². The van der Waals surface area contributed by atoms with Crippen molar-refractivity contribution in [3.63, 3.8) is 0 Å². The Morgan fingerprint density at radius 1 is 1.23 bits per heavy atom. The summed E-state index contributed by atoms with van der Waals surface area (Å²) in [5.74, 6) is 1.70. The molecule has 0 aliphatic heterocycles. The van der Waals surface area contributed by atoms with Crippen LogP contribution in [0.3, 0.4) is 0 Å². The summed E-state index contributed by atoms with van der Waals surface area (Å²) in [4.78, 5) is 0. The first-order valence-corrected chi connectivity index (χ1v) is 5.71. The van der Waals surface area contributed by atoms with Gasteiger partial charge in [0.2, 0.25) is 0 Å². The first-order chi connectivity index (χ1) is 6.32. The average molecular weight is 181 g/mol. The Labute approximate surface area is 79.7 Å². The Morgan fingerprint density at radius 2 is 2.08 bits per heavy atom. The number of hydrogen-bond donors (Lipinski definition) is 2. The molecule has 0 aromatic heterocycles. The molecule has 3 atom stereocenters. The number of hydrogen-bond acceptors (Lipinski definition) is 2. The highest BCUT2D eigenvalue weighted by atomic mass is 16.3. The summed E-state index contributed by atoms with van der Waals surface area (Å²) in [6, 6.07) is 0.742. The summed E-state index contributed by atoms with van der Waals surface area (Å²) < 4.78 is 0. The summed E-state index contributed by atoms with van der Waals surface area (Å²) in [6.07, 6.45) is 8.05. The van der Waals surface area contributed by atoms with Crippen LogP contribution in [-0.2, 0) is 0 Å². The van der Waals surface area contributed by atoms with Crippen LogP contribution in [0.4, 0.5) is 0 Å². The standard InChI is InChI=1S/C11H19NO/c13-7-11(12-10-3-4-10)6-8-1-2-9(11)5-8/h8-10,12-13H,1-7H2. The summed E-state index contributed by atoms with van der Waals surface area (Å²) >= 11 is 0. The monoisotopic (exact) mass is 181 g/mol. The van der Waals surface area contributed by atoms with Crippen LogP contribution in [0.2, 0.25) is 0 Å². The highest BCUT2D eigenvalue weighted by Gasteiger charge is 2.51. The predicted octanol–water partition coefficient (Wildman–Crippen LogP) is 1.29. The van der Waals surface area contributed by atoms with Gasteiger partial charge in [0, 0.05) is 11.6 Å². The summed E-state index contributed by atoms with van der Waals surface area (Å²) in [5.41, 5.74) is 0.143. The van der Waals surface area contributed by atoms with Gasteiger partial charge in [0.05, 0.1) is 6.61 Å². The van der Waals surface area contributed by atoms with E-state index in [-0.39, 0.29) is 5.54 Å². The quantitative estimate of drug-likeness (QED) is 0.687. The third-order valence-corrected chi connectivity index (χ3v) is 4.33. The molecule has 0 heterocycles. The number of fused-ring (bicyclic) bond motifs is 2. The molecule has 0 spiro atoms. The maximum Gasteiger partial charge on any atom is 0.0616 e. The van der Waals surface area contributed by atoms with Crippen LogP contribution in [0.5, 0.6) is 0 Å². The molecule has 0 amide bonds. The normalized spacial score (nSPS) is 48.7. The van der Waals surface area contributed by atoms with Gasteiger partial charge in [0.15, 0.2) is 0 Å². The first kappa shape index (κ1) is 8.25. The Hall–Kier alpha value is -0.0800. The molecule has 0 saturated heterocycles. The van der Waals surface area contributed by atoms with E-state index >= 15 is 0 Å². The van der Waals surface area contributed by atoms with Gasteiger partial charge < -0.3 is 10.4 Å². The van der Waals surface area contributed by atoms with Gasteiger partial charge >= 0.3 is 0 Å². The van der Waals surface area contributed by atoms with Crippen molar-refractivity contribution in [3.05, 3.63) is 0 Å². The topological polar surface area (TPSA) is 32.3 Å². The van der Waals surface area contributed by atoms with Crippen LogP contribution in [-0.4, -0.2) is 23.3 Å². The van der Waals surface area contributed by atoms with E-state index in [1.165, 1.54) is 38.5 Å². The minimum absolute atomic E-state index is 0.143. The van der Waals surface area contributed by atoms with Crippen molar-refractivity contribution >= 4 is 0 Å². The number of nitrogens with one attached hydrogen (secondary N) is 1. The van der Waals surface area contributed by atoms with Crippen molar-refractivity contribution < 1.29 is 5.11 Å². The number of rotatable bonds is 3. The van der Waals surface area contributed by atoms with E-state index in [9.17, 15) is 5.11 Å². The highest BCUT2D eigenvalue weighted by Crippen LogP contribution is 2.51. The fourth-order valence-corrected chi connectivity index (χ4v) is 3.49. The van der Waals surface area contributed by atoms with E-state index in [0.29, 0.717) is 6.61 Å². The lowest BCUT2D eigenvalue weighted by Gasteiger charge is -2.37. The van der Waals surface area contributed by atoms with Gasteiger partial charge in [-0.1, -0.05) is 6.42 Å². The zero-order chi connectivity index (χ0) is 8.89. The molecule has 0 aromatic rings. The summed E-state index contributed by atoms with van der Waals surface area (Å²) in [6.45, 7) is 0.366. The van der Waals surface area contributed by atoms with Crippen molar-refractivity contribution in [1.82, 2.24) is 5.32 Å². The zero-order valence-corrected chi connectivity index (χ0v) is 8.13. The Bertz CT molecular complexity index is 214. The van der Waals surface area contributed by atoms with E-state index in [0.717, 1.165) is 17.9 Å². The molecule has 74 valence electrons. The van der Waals surface area contributed by atoms with Crippen molar-refractivity contribution in [2.45, 2.75) is 50.1 Å². The molecule has 2 N–H and O–H groups in total. The smallest absolute Gasteiger partial charge is 0.0616 e. The van der Waals surface area contributed by atoms with Gasteiger partial charge in [-0.25, -0.2) is 0 Å². The molecular weight excluding hydrogens is 162 g/mol. The van der Waals surface area contributed by atoms with Crippen LogP contribution >= 0.6 is 0 Å². The predicted molar refractivity (Wildman–Crippen MR) is 51.4 cm³/mol. The SMILES string of the molecule is OCC1(NC2CC2)CC2CCC1C2. The van der Waals surface area contributed by atoms with Gasteiger partial charge in [-0.05, 0) is 43.9 Å². The third kappa shape index (κ3) is 1.23. The average Bonchev–Trinajstić information content (AvgIpc) is 2.74. The summed E-state index contributed by atoms with van der Waals surface area (Å²) in [5, 5.41) is 13.3. The fraction of sp³-hybridized carbons (Fsp3) is 1.00. The van der Waals surface area contributed by atoms with E-state index < -0.39 is 0 Å². The van der Waals surface area contributed by atoms with Crippen LogP contribution in [0.1, 0.15) is 38.5 Å². The lowest BCUT2D eigenvalue weighted by molar-refractivity contribution is 0.104. The van der Waals surface area contributed by atoms with Crippen LogP contribution < -0.4 is 5.32 Å². The fourth-order valence-electron chi connectivity index (χ4n) is 3.49. The molecule has 3 unspecified atom stereocenters. The van der Waals surface area contributed by atoms with E-state index in [1.807, 2.05) is 0 Å². The third-order valence-electron chi connectivity index (χ3n) is 4.33. The molecule has 2 heteroatoms. The minimum Gasteiger partial charge on any atom is -0.394 e. The Balaban J connectivity index is 1.75. The van der Waals surface area contributed by atoms with E-state index in [4.69, 9.17) is 0 Å². The molecule has 3 fully saturated rings. The molecule has 2 nitrogen and oxygen atoms in total. The van der Waals surface area contributed by atoms with Gasteiger partial charge in [0.25, 0.3) is 0 Å². The van der Waals surface area contributed by atoms with Crippen LogP contribution in [0.15, 0.2) is 0 Å². The molecule has 0 aromatic carbocycles. The Kier molecular flexibility index (Phi) is 1.72. The lowest BCUT2D eigenvalue weighted by Crippen LogP contribution is -2.53. The number of aliphatic hydroxyl groups excluding tert-OH is 1. The van der Waals surface area contributed by atoms with E-state index in [1.54, 1.807) is 0 Å². The second kappa shape index (κ2) is 2.71. The van der Waals surface area contributed by atoms with Gasteiger partial charge in [0.1, 0.15) is 0 Å². The van der Waals surface area contributed by atoms with Gasteiger partial charge in [-0.15, -0.1) is 0 Å². The molecule has 3 saturated carbocycles. The lowest BCUT2D eigenvalue weighted by atomic mass is 9.81. The zero-order valence-electron chi connectivity index (χ0n) is 8.13. The molecule has 13 heavy (non-hydrogen) atoms. The second-order valence-corrected chi connectivity index (χ2v) is 5.31. The molecule has 0 radical (unpaired) electrons. The molecule has 3 rings (SSSR count). The first-order valence-electron chi connectivity index (χ1n) is 5.71. The van der Waals surface area contributed by atoms with Crippen molar-refractivity contribution in [1.29, 1.82) is 0 Å². The van der Waals surface area contributed by atoms with Crippen molar-refractivity contribution in [3.8, 4) is 0 Å². The largest absolute Gasteiger partial charge is 0.394 e. The number of aliphatic hydroxyl groups is 1. The van der Waals surface area contributed by atoms with Crippen LogP contribution in [0.25, 0.3) is 0 Å². The molecule has 2 bridgehead atoms. The van der Waals surface area contributed by atoms with Gasteiger partial charge in [-0.3, -0.25) is 0 Å². The second-order valence-electron chi connectivity index (χ2n) is 5.31.